The summed E-state index contributed by atoms with van der Waals surface area (Å²) in [5.74, 6) is 1.23. The zero-order valence-electron chi connectivity index (χ0n) is 39.4. The second-order valence-electron chi connectivity index (χ2n) is 18.0. The van der Waals surface area contributed by atoms with Crippen molar-refractivity contribution in [3.05, 3.63) is 153 Å². The lowest BCUT2D eigenvalue weighted by molar-refractivity contribution is -0.121. The monoisotopic (exact) mass is 962 g/mol. The maximum Gasteiger partial charge on any atom is 0.259 e. The topological polar surface area (TPSA) is 241 Å². The molecule has 0 spiro atoms. The van der Waals surface area contributed by atoms with E-state index in [1.54, 1.807) is 95.0 Å². The van der Waals surface area contributed by atoms with Crippen molar-refractivity contribution in [2.24, 2.45) is 5.41 Å². The Morgan fingerprint density at radius 2 is 1.43 bits per heavy atom. The van der Waals surface area contributed by atoms with Crippen molar-refractivity contribution < 1.29 is 17.9 Å². The van der Waals surface area contributed by atoms with Gasteiger partial charge < -0.3 is 36.0 Å². The highest BCUT2D eigenvalue weighted by Crippen LogP contribution is 2.41. The number of rotatable bonds is 16. The minimum absolute atomic E-state index is 0.262. The predicted molar refractivity (Wildman–Crippen MR) is 273 cm³/mol. The summed E-state index contributed by atoms with van der Waals surface area (Å²) in [5.41, 5.74) is 2.12. The van der Waals surface area contributed by atoms with Gasteiger partial charge in [0.15, 0.2) is 0 Å². The summed E-state index contributed by atoms with van der Waals surface area (Å²) in [6.45, 7) is 10.7. The molecule has 7 aromatic rings. The van der Waals surface area contributed by atoms with E-state index in [4.69, 9.17) is 14.7 Å². The van der Waals surface area contributed by atoms with Crippen LogP contribution in [0.15, 0.2) is 131 Å². The predicted octanol–water partition coefficient (Wildman–Crippen LogP) is 6.94. The number of benzene rings is 2. The minimum atomic E-state index is -4.06. The van der Waals surface area contributed by atoms with Crippen LogP contribution < -0.4 is 41.8 Å². The van der Waals surface area contributed by atoms with Gasteiger partial charge in [0.05, 0.1) is 22.4 Å². The van der Waals surface area contributed by atoms with Crippen LogP contribution in [-0.4, -0.2) is 87.7 Å². The van der Waals surface area contributed by atoms with E-state index in [-0.39, 0.29) is 28.7 Å². The first-order valence-corrected chi connectivity index (χ1v) is 24.6. The van der Waals surface area contributed by atoms with E-state index >= 15 is 0 Å². The average Bonchev–Trinajstić information content (AvgIpc) is 3.86. The molecule has 2 atom stereocenters. The molecule has 1 fully saturated rings. The molecule has 1 aliphatic carbocycles. The number of allylic oxidation sites excluding steroid dienone is 3. The zero-order chi connectivity index (χ0) is 49.2. The second-order valence-corrected chi connectivity index (χ2v) is 19.9. The molecule has 1 saturated heterocycles. The van der Waals surface area contributed by atoms with Crippen LogP contribution in [0.25, 0.3) is 32.8 Å². The number of nitrogens with zero attached hydrogens (tertiary/aromatic N) is 5. The molecule has 2 unspecified atom stereocenters. The molecule has 360 valence electrons. The maximum absolute atomic E-state index is 14.0. The fourth-order valence-electron chi connectivity index (χ4n) is 8.94. The van der Waals surface area contributed by atoms with E-state index < -0.39 is 26.6 Å². The number of carbonyl (C=O) groups excluding carboxylic acids is 1. The van der Waals surface area contributed by atoms with Crippen molar-refractivity contribution in [1.82, 2.24) is 44.8 Å². The van der Waals surface area contributed by atoms with Gasteiger partial charge in [0.2, 0.25) is 15.9 Å². The number of H-pyrrole nitrogens is 2. The molecule has 19 heteroatoms. The minimum Gasteiger partial charge on any atom is -0.492 e. The van der Waals surface area contributed by atoms with Crippen molar-refractivity contribution in [2.75, 3.05) is 49.2 Å². The Bertz CT molecular complexity index is 3390. The Morgan fingerprint density at radius 3 is 2.06 bits per heavy atom. The van der Waals surface area contributed by atoms with Gasteiger partial charge in [-0.1, -0.05) is 26.0 Å². The summed E-state index contributed by atoms with van der Waals surface area (Å²) in [7, 11) is -2.71. The number of ether oxygens (including phenoxy) is 1. The quantitative estimate of drug-likeness (QED) is 0.0519. The van der Waals surface area contributed by atoms with Crippen LogP contribution >= 0.6 is 0 Å². The van der Waals surface area contributed by atoms with Gasteiger partial charge in [-0.25, -0.2) is 33.1 Å². The third-order valence-corrected chi connectivity index (χ3v) is 14.9. The fraction of sp³-hybridized carbons (Fsp3) is 0.275. The standard InChI is InChI=1S/C51H54N12O6S/c1-30(32-8-10-36(11-9-32)57-46-43-33(18-20-53-49(43)65)26-40(60-46)35-28-55-31(2)56-29-35)48(64)61-41-17-16-39(45(51(41,3)4)70(67,68)52-5)59-42-27-34-19-21-54-50(66)44(34)47(62-42)58-37-12-14-38(15-13-37)69-25-24-63-22-6-7-23-63/h8-21,26-30,45,52H,6-7,22-25H2,1-5H3,(H,53,65)(H,54,66)(H,57,60)(H,61,64)(H2,58,59,62). The number of hydrogen-bond donors (Lipinski definition) is 7. The summed E-state index contributed by atoms with van der Waals surface area (Å²) >= 11 is 0. The van der Waals surface area contributed by atoms with Gasteiger partial charge in [-0.15, -0.1) is 0 Å². The van der Waals surface area contributed by atoms with Crippen molar-refractivity contribution in [3.8, 4) is 17.0 Å². The summed E-state index contributed by atoms with van der Waals surface area (Å²) in [5, 5.41) is 13.6. The number of aromatic amines is 2. The van der Waals surface area contributed by atoms with Gasteiger partial charge in [-0.05, 0) is 136 Å². The SMILES string of the molecule is CNS(=O)(=O)C1C(Nc2cc3cc[nH]c(=O)c3c(Nc3ccc(OCCN4CCCC4)cc3)n2)=CC=C(NC(=O)C(C)c2ccc(Nc3nc(-c4cnc(C)nc4)cc4cc[nH]c(=O)c34)cc2)C1(C)C. The largest absolute Gasteiger partial charge is 0.492 e. The van der Waals surface area contributed by atoms with E-state index in [1.165, 1.54) is 19.9 Å². The number of aromatic nitrogens is 6. The molecular weight excluding hydrogens is 909 g/mol. The molecular formula is C51H54N12O6S. The van der Waals surface area contributed by atoms with Gasteiger partial charge in [-0.2, -0.15) is 0 Å². The number of sulfonamides is 1. The number of carbonyl (C=O) groups is 1. The number of anilines is 5. The lowest BCUT2D eigenvalue weighted by Gasteiger charge is -2.40. The molecule has 70 heavy (non-hydrogen) atoms. The van der Waals surface area contributed by atoms with Crippen molar-refractivity contribution in [3.63, 3.8) is 0 Å². The first-order chi connectivity index (χ1) is 33.7. The Labute approximate surface area is 404 Å². The Kier molecular flexibility index (Phi) is 13.3. The van der Waals surface area contributed by atoms with E-state index in [0.29, 0.717) is 79.4 Å². The normalized spacial score (nSPS) is 16.3. The van der Waals surface area contributed by atoms with Crippen LogP contribution in [0.3, 0.4) is 0 Å². The van der Waals surface area contributed by atoms with Crippen molar-refractivity contribution in [1.29, 1.82) is 0 Å². The number of pyridine rings is 4. The lowest BCUT2D eigenvalue weighted by atomic mass is 9.80. The highest BCUT2D eigenvalue weighted by molar-refractivity contribution is 7.90. The molecule has 1 amide bonds. The molecule has 18 nitrogen and oxygen atoms in total. The molecule has 6 heterocycles. The summed E-state index contributed by atoms with van der Waals surface area (Å²) < 4.78 is 36.4. The molecule has 9 rings (SSSR count). The maximum atomic E-state index is 14.0. The number of fused-ring (bicyclic) bond motifs is 2. The molecule has 7 N–H and O–H groups in total. The smallest absolute Gasteiger partial charge is 0.259 e. The van der Waals surface area contributed by atoms with Gasteiger partial charge in [-0.3, -0.25) is 19.3 Å². The van der Waals surface area contributed by atoms with Gasteiger partial charge in [0.1, 0.15) is 40.9 Å². The van der Waals surface area contributed by atoms with Crippen molar-refractivity contribution >= 4 is 66.3 Å². The van der Waals surface area contributed by atoms with Crippen LogP contribution in [0.5, 0.6) is 5.75 Å². The number of nitrogens with one attached hydrogen (secondary N) is 7. The van der Waals surface area contributed by atoms with Crippen LogP contribution in [-0.2, 0) is 14.8 Å². The summed E-state index contributed by atoms with van der Waals surface area (Å²) in [6, 6.07) is 21.7. The number of amides is 1. The Balaban J connectivity index is 0.932. The third-order valence-electron chi connectivity index (χ3n) is 12.8. The second kappa shape index (κ2) is 19.7. The van der Waals surface area contributed by atoms with Gasteiger partial charge >= 0.3 is 0 Å². The highest BCUT2D eigenvalue weighted by Gasteiger charge is 2.46. The average molecular weight is 963 g/mol. The molecule has 5 aromatic heterocycles. The van der Waals surface area contributed by atoms with Crippen LogP contribution in [0.4, 0.5) is 28.8 Å². The summed E-state index contributed by atoms with van der Waals surface area (Å²) in [6.07, 6.45) is 12.2. The van der Waals surface area contributed by atoms with E-state index in [2.05, 4.69) is 50.8 Å². The molecule has 0 radical (unpaired) electrons. The highest BCUT2D eigenvalue weighted by atomic mass is 32.2. The number of likely N-dealkylation sites (tertiary alicyclic amines) is 1. The Morgan fingerprint density at radius 1 is 0.829 bits per heavy atom. The Hall–Kier alpha value is -7.74. The van der Waals surface area contributed by atoms with E-state index in [0.717, 1.165) is 25.4 Å². The van der Waals surface area contributed by atoms with Gasteiger partial charge in [0.25, 0.3) is 11.1 Å². The molecule has 0 saturated carbocycles. The molecule has 2 aliphatic rings. The zero-order valence-corrected chi connectivity index (χ0v) is 40.2. The molecule has 0 bridgehead atoms. The molecule has 1 aliphatic heterocycles. The van der Waals surface area contributed by atoms with Crippen molar-refractivity contribution in [2.45, 2.75) is 51.7 Å². The first kappa shape index (κ1) is 47.3. The lowest BCUT2D eigenvalue weighted by Crippen LogP contribution is -2.50. The van der Waals surface area contributed by atoms with E-state index in [9.17, 15) is 22.8 Å². The first-order valence-electron chi connectivity index (χ1n) is 23.0. The van der Waals surface area contributed by atoms with Crippen LogP contribution in [0.1, 0.15) is 50.9 Å². The third kappa shape index (κ3) is 10.0. The summed E-state index contributed by atoms with van der Waals surface area (Å²) in [4.78, 5) is 66.2. The van der Waals surface area contributed by atoms with E-state index in [1.807, 2.05) is 42.5 Å². The van der Waals surface area contributed by atoms with Gasteiger partial charge in [0, 0.05) is 65.1 Å². The van der Waals surface area contributed by atoms with Crippen LogP contribution in [0, 0.1) is 12.3 Å². The fourth-order valence-corrected chi connectivity index (χ4v) is 10.5. The number of aryl methyl sites for hydroxylation is 1. The molecule has 2 aromatic carbocycles. The van der Waals surface area contributed by atoms with Crippen LogP contribution in [0.2, 0.25) is 0 Å². The number of hydrogen-bond acceptors (Lipinski definition) is 14.